The fourth-order valence-corrected chi connectivity index (χ4v) is 2.81. The van der Waals surface area contributed by atoms with Crippen molar-refractivity contribution >= 4 is 18.1 Å². The van der Waals surface area contributed by atoms with Crippen LogP contribution in [0.2, 0.25) is 0 Å². The van der Waals surface area contributed by atoms with Crippen LogP contribution in [0.5, 0.6) is 11.5 Å². The molecule has 1 fully saturated rings. The quantitative estimate of drug-likeness (QED) is 0.375. The van der Waals surface area contributed by atoms with Crippen molar-refractivity contribution < 1.29 is 19.1 Å². The Hall–Kier alpha value is -3.15. The van der Waals surface area contributed by atoms with Crippen molar-refractivity contribution in [2.24, 2.45) is 11.0 Å². The Morgan fingerprint density at radius 2 is 1.92 bits per heavy atom. The molecule has 1 amide bonds. The molecule has 0 aromatic heterocycles. The summed E-state index contributed by atoms with van der Waals surface area (Å²) in [6, 6.07) is 15.0. The summed E-state index contributed by atoms with van der Waals surface area (Å²) < 4.78 is 10.2. The summed E-state index contributed by atoms with van der Waals surface area (Å²) in [6.07, 6.45) is 2.37. The largest absolute Gasteiger partial charge is 0.493 e. The molecule has 0 radical (unpaired) electrons. The number of esters is 1. The molecule has 3 rings (SSSR count). The van der Waals surface area contributed by atoms with E-state index in [1.807, 2.05) is 30.3 Å². The minimum atomic E-state index is -0.422. The van der Waals surface area contributed by atoms with Gasteiger partial charge in [0.1, 0.15) is 0 Å². The highest BCUT2D eigenvalue weighted by Gasteiger charge is 2.43. The van der Waals surface area contributed by atoms with E-state index in [4.69, 9.17) is 9.47 Å². The number of nitrogens with one attached hydrogen (secondary N) is 1. The Bertz CT molecular complexity index is 833. The van der Waals surface area contributed by atoms with Gasteiger partial charge >= 0.3 is 5.97 Å². The van der Waals surface area contributed by atoms with Crippen LogP contribution in [0, 0.1) is 5.92 Å². The van der Waals surface area contributed by atoms with Crippen LogP contribution in [0.25, 0.3) is 0 Å². The highest BCUT2D eigenvalue weighted by Crippen LogP contribution is 2.47. The third-order valence-electron chi connectivity index (χ3n) is 4.18. The number of carbonyl (C=O) groups is 2. The van der Waals surface area contributed by atoms with Gasteiger partial charge in [-0.2, -0.15) is 5.10 Å². The lowest BCUT2D eigenvalue weighted by molar-refractivity contribution is -0.132. The topological polar surface area (TPSA) is 77.0 Å². The van der Waals surface area contributed by atoms with Gasteiger partial charge in [0.15, 0.2) is 11.5 Å². The first-order valence-corrected chi connectivity index (χ1v) is 8.33. The predicted molar refractivity (Wildman–Crippen MR) is 97.3 cm³/mol. The summed E-state index contributed by atoms with van der Waals surface area (Å²) in [7, 11) is 1.49. The van der Waals surface area contributed by atoms with Crippen molar-refractivity contribution in [2.75, 3.05) is 7.11 Å². The van der Waals surface area contributed by atoms with Gasteiger partial charge in [0, 0.05) is 12.8 Å². The van der Waals surface area contributed by atoms with Crippen molar-refractivity contribution in [1.82, 2.24) is 5.43 Å². The molecule has 2 aromatic carbocycles. The number of benzene rings is 2. The second-order valence-corrected chi connectivity index (χ2v) is 6.10. The highest BCUT2D eigenvalue weighted by atomic mass is 16.6. The number of methoxy groups -OCH3 is 1. The van der Waals surface area contributed by atoms with E-state index in [0.717, 1.165) is 6.42 Å². The Kier molecular flexibility index (Phi) is 5.31. The van der Waals surface area contributed by atoms with E-state index in [2.05, 4.69) is 10.5 Å². The van der Waals surface area contributed by atoms with Crippen molar-refractivity contribution in [3.8, 4) is 11.5 Å². The zero-order valence-corrected chi connectivity index (χ0v) is 14.6. The van der Waals surface area contributed by atoms with Crippen LogP contribution in [0.3, 0.4) is 0 Å². The normalized spacial score (nSPS) is 18.4. The fraction of sp³-hybridized carbons (Fsp3) is 0.250. The van der Waals surface area contributed by atoms with E-state index >= 15 is 0 Å². The molecule has 6 nitrogen and oxygen atoms in total. The third-order valence-corrected chi connectivity index (χ3v) is 4.18. The first-order chi connectivity index (χ1) is 12.6. The number of carbonyl (C=O) groups excluding carboxylic acids is 2. The Morgan fingerprint density at radius 1 is 1.15 bits per heavy atom. The second-order valence-electron chi connectivity index (χ2n) is 6.10. The van der Waals surface area contributed by atoms with Gasteiger partial charge in [0.25, 0.3) is 0 Å². The molecule has 26 heavy (non-hydrogen) atoms. The molecule has 0 bridgehead atoms. The van der Waals surface area contributed by atoms with Crippen LogP contribution in [0.15, 0.2) is 53.6 Å². The molecule has 2 aromatic rings. The number of amides is 1. The molecular weight excluding hydrogens is 332 g/mol. The monoisotopic (exact) mass is 352 g/mol. The van der Waals surface area contributed by atoms with E-state index in [-0.39, 0.29) is 17.7 Å². The summed E-state index contributed by atoms with van der Waals surface area (Å²) in [4.78, 5) is 23.2. The van der Waals surface area contributed by atoms with E-state index in [0.29, 0.717) is 17.1 Å². The number of hydrogen-bond donors (Lipinski definition) is 1. The lowest BCUT2D eigenvalue weighted by Gasteiger charge is -2.08. The van der Waals surface area contributed by atoms with Crippen molar-refractivity contribution in [2.45, 2.75) is 19.3 Å². The Balaban J connectivity index is 1.57. The SMILES string of the molecule is COc1cc(/C=N\NC(=O)[C@H]2C[C@@H]2c2ccccc2)ccc1OC(C)=O. The molecule has 134 valence electrons. The minimum Gasteiger partial charge on any atom is -0.493 e. The molecule has 1 saturated carbocycles. The lowest BCUT2D eigenvalue weighted by atomic mass is 10.1. The molecule has 0 saturated heterocycles. The van der Waals surface area contributed by atoms with E-state index in [1.165, 1.54) is 25.8 Å². The van der Waals surface area contributed by atoms with Crippen LogP contribution >= 0.6 is 0 Å². The van der Waals surface area contributed by atoms with Gasteiger partial charge in [0.05, 0.1) is 13.3 Å². The summed E-state index contributed by atoms with van der Waals surface area (Å²) >= 11 is 0. The van der Waals surface area contributed by atoms with Crippen molar-refractivity contribution in [1.29, 1.82) is 0 Å². The third kappa shape index (κ3) is 4.27. The standard InChI is InChI=1S/C20H20N2O4/c1-13(23)26-18-9-8-14(10-19(18)25-2)12-21-22-20(24)17-11-16(17)15-6-4-3-5-7-15/h3-10,12,16-17H,11H2,1-2H3,(H,22,24)/b21-12-/t16-,17+/m1/s1. The van der Waals surface area contributed by atoms with Crippen LogP contribution in [0.4, 0.5) is 0 Å². The fourth-order valence-electron chi connectivity index (χ4n) is 2.81. The average molecular weight is 352 g/mol. The molecule has 6 heteroatoms. The van der Waals surface area contributed by atoms with Gasteiger partial charge in [-0.05, 0) is 41.7 Å². The van der Waals surface area contributed by atoms with Gasteiger partial charge in [0.2, 0.25) is 5.91 Å². The summed E-state index contributed by atoms with van der Waals surface area (Å²) in [5.74, 6) is 0.490. The van der Waals surface area contributed by atoms with Crippen LogP contribution < -0.4 is 14.9 Å². The number of nitrogens with zero attached hydrogens (tertiary/aromatic N) is 1. The predicted octanol–water partition coefficient (Wildman–Crippen LogP) is 2.87. The number of hydrazone groups is 1. The molecule has 1 aliphatic carbocycles. The Morgan fingerprint density at radius 3 is 2.62 bits per heavy atom. The number of ether oxygens (including phenoxy) is 2. The zero-order chi connectivity index (χ0) is 18.5. The molecular formula is C20H20N2O4. The molecule has 2 atom stereocenters. The van der Waals surface area contributed by atoms with Crippen LogP contribution in [-0.2, 0) is 9.59 Å². The zero-order valence-electron chi connectivity index (χ0n) is 14.6. The maximum Gasteiger partial charge on any atom is 0.308 e. The van der Waals surface area contributed by atoms with Gasteiger partial charge < -0.3 is 9.47 Å². The summed E-state index contributed by atoms with van der Waals surface area (Å²) in [5.41, 5.74) is 4.48. The van der Waals surface area contributed by atoms with Gasteiger partial charge in [-0.25, -0.2) is 5.43 Å². The maximum absolute atomic E-state index is 12.2. The first-order valence-electron chi connectivity index (χ1n) is 8.33. The van der Waals surface area contributed by atoms with Gasteiger partial charge in [-0.15, -0.1) is 0 Å². The summed E-state index contributed by atoms with van der Waals surface area (Å²) in [6.45, 7) is 1.32. The number of hydrogen-bond acceptors (Lipinski definition) is 5. The van der Waals surface area contributed by atoms with Crippen molar-refractivity contribution in [3.63, 3.8) is 0 Å². The number of rotatable bonds is 6. The highest BCUT2D eigenvalue weighted by molar-refractivity contribution is 5.86. The second kappa shape index (κ2) is 7.82. The van der Waals surface area contributed by atoms with Crippen molar-refractivity contribution in [3.05, 3.63) is 59.7 Å². The molecule has 0 heterocycles. The van der Waals surface area contributed by atoms with Crippen LogP contribution in [-0.4, -0.2) is 25.2 Å². The van der Waals surface area contributed by atoms with E-state index in [9.17, 15) is 9.59 Å². The Labute approximate surface area is 151 Å². The lowest BCUT2D eigenvalue weighted by Crippen LogP contribution is -2.20. The minimum absolute atomic E-state index is 0.0320. The van der Waals surface area contributed by atoms with E-state index < -0.39 is 5.97 Å². The van der Waals surface area contributed by atoms with E-state index in [1.54, 1.807) is 18.2 Å². The summed E-state index contributed by atoms with van der Waals surface area (Å²) in [5, 5.41) is 4.01. The molecule has 0 aliphatic heterocycles. The molecule has 0 unspecified atom stereocenters. The van der Waals surface area contributed by atoms with Gasteiger partial charge in [-0.1, -0.05) is 30.3 Å². The van der Waals surface area contributed by atoms with Gasteiger partial charge in [-0.3, -0.25) is 9.59 Å². The smallest absolute Gasteiger partial charge is 0.308 e. The first kappa shape index (κ1) is 17.7. The maximum atomic E-state index is 12.2. The molecule has 0 spiro atoms. The average Bonchev–Trinajstić information content (AvgIpc) is 3.44. The van der Waals surface area contributed by atoms with Crippen LogP contribution in [0.1, 0.15) is 30.4 Å². The molecule has 1 N–H and O–H groups in total. The molecule has 1 aliphatic rings.